The highest BCUT2D eigenvalue weighted by atomic mass is 14.2. The van der Waals surface area contributed by atoms with Crippen LogP contribution in [0.15, 0.2) is 0 Å². The molecule has 0 aromatic carbocycles. The van der Waals surface area contributed by atoms with E-state index in [2.05, 4.69) is 27.7 Å². The molecule has 120 valence electrons. The molecule has 0 amide bonds. The summed E-state index contributed by atoms with van der Waals surface area (Å²) >= 11 is 0. The Labute approximate surface area is 123 Å². The van der Waals surface area contributed by atoms with Gasteiger partial charge >= 0.3 is 0 Å². The molecule has 0 aromatic rings. The highest BCUT2D eigenvalue weighted by Crippen LogP contribution is 2.29. The lowest BCUT2D eigenvalue weighted by Crippen LogP contribution is -2.10. The smallest absolute Gasteiger partial charge is 0.0354 e. The summed E-state index contributed by atoms with van der Waals surface area (Å²) in [6, 6.07) is 0. The molecule has 0 radical (unpaired) electrons. The lowest BCUT2D eigenvalue weighted by Gasteiger charge is -2.23. The first-order valence-electron chi connectivity index (χ1n) is 8.12. The van der Waals surface area contributed by atoms with Crippen molar-refractivity contribution < 1.29 is 0 Å². The molecule has 0 aliphatic heterocycles. The van der Waals surface area contributed by atoms with Crippen LogP contribution in [0.3, 0.4) is 0 Å². The SMILES string of the molecule is CCCCCCCCCCCC(C)(C)CCC.N.N. The van der Waals surface area contributed by atoms with Gasteiger partial charge < -0.3 is 12.3 Å². The quantitative estimate of drug-likeness (QED) is 0.374. The van der Waals surface area contributed by atoms with Crippen molar-refractivity contribution in [1.82, 2.24) is 12.3 Å². The monoisotopic (exact) mass is 274 g/mol. The Hall–Kier alpha value is -0.0800. The van der Waals surface area contributed by atoms with E-state index < -0.39 is 0 Å². The van der Waals surface area contributed by atoms with Crippen LogP contribution in [0.5, 0.6) is 0 Å². The van der Waals surface area contributed by atoms with E-state index in [-0.39, 0.29) is 12.3 Å². The summed E-state index contributed by atoms with van der Waals surface area (Å²) in [5.41, 5.74) is 0.593. The van der Waals surface area contributed by atoms with Gasteiger partial charge in [0.25, 0.3) is 0 Å². The molecule has 0 saturated heterocycles. The maximum Gasteiger partial charge on any atom is -0.0354 e. The maximum absolute atomic E-state index is 2.43. The Morgan fingerprint density at radius 2 is 0.947 bits per heavy atom. The Kier molecular flexibility index (Phi) is 20.2. The molecule has 0 rings (SSSR count). The molecular formula is C17H42N2. The summed E-state index contributed by atoms with van der Waals surface area (Å²) in [4.78, 5) is 0. The Bertz CT molecular complexity index is 155. The first-order chi connectivity index (χ1) is 8.12. The zero-order valence-corrected chi connectivity index (χ0v) is 14.4. The molecule has 0 heterocycles. The van der Waals surface area contributed by atoms with E-state index in [1.807, 2.05) is 0 Å². The van der Waals surface area contributed by atoms with Gasteiger partial charge in [-0.2, -0.15) is 0 Å². The second kappa shape index (κ2) is 16.0. The standard InChI is InChI=1S/C17H36.2H3N/c1-5-7-8-9-10-11-12-13-14-16-17(3,4)15-6-2;;/h5-16H2,1-4H3;2*1H3. The van der Waals surface area contributed by atoms with Crippen molar-refractivity contribution in [3.05, 3.63) is 0 Å². The van der Waals surface area contributed by atoms with E-state index in [9.17, 15) is 0 Å². The first kappa shape index (κ1) is 24.0. The summed E-state index contributed by atoms with van der Waals surface area (Å²) in [6.07, 6.45) is 17.2. The molecule has 0 aliphatic rings. The van der Waals surface area contributed by atoms with Crippen molar-refractivity contribution in [2.75, 3.05) is 0 Å². The van der Waals surface area contributed by atoms with E-state index >= 15 is 0 Å². The van der Waals surface area contributed by atoms with E-state index in [4.69, 9.17) is 0 Å². The zero-order chi connectivity index (χ0) is 13.0. The van der Waals surface area contributed by atoms with Gasteiger partial charge in [-0.25, -0.2) is 0 Å². The summed E-state index contributed by atoms with van der Waals surface area (Å²) in [6.45, 7) is 9.46. The van der Waals surface area contributed by atoms with E-state index in [1.165, 1.54) is 77.0 Å². The van der Waals surface area contributed by atoms with Gasteiger partial charge in [-0.05, 0) is 18.3 Å². The van der Waals surface area contributed by atoms with Crippen LogP contribution in [-0.4, -0.2) is 0 Å². The van der Waals surface area contributed by atoms with Gasteiger partial charge in [0.1, 0.15) is 0 Å². The van der Waals surface area contributed by atoms with Crippen molar-refractivity contribution in [3.8, 4) is 0 Å². The minimum absolute atomic E-state index is 0. The number of hydrogen-bond donors (Lipinski definition) is 2. The average Bonchev–Trinajstić information content (AvgIpc) is 2.27. The molecule has 0 saturated carbocycles. The van der Waals surface area contributed by atoms with Gasteiger partial charge in [-0.3, -0.25) is 0 Å². The lowest BCUT2D eigenvalue weighted by atomic mass is 9.83. The van der Waals surface area contributed by atoms with Crippen molar-refractivity contribution >= 4 is 0 Å². The van der Waals surface area contributed by atoms with Crippen LogP contribution in [0.2, 0.25) is 0 Å². The van der Waals surface area contributed by atoms with Gasteiger partial charge in [-0.15, -0.1) is 0 Å². The second-order valence-electron chi connectivity index (χ2n) is 6.49. The largest absolute Gasteiger partial charge is 0.344 e. The molecule has 2 heteroatoms. The average molecular weight is 275 g/mol. The Morgan fingerprint density at radius 1 is 0.526 bits per heavy atom. The summed E-state index contributed by atoms with van der Waals surface area (Å²) in [7, 11) is 0. The van der Waals surface area contributed by atoms with Gasteiger partial charge in [0.15, 0.2) is 0 Å². The molecular weight excluding hydrogens is 232 g/mol. The molecule has 0 unspecified atom stereocenters. The molecule has 0 atom stereocenters. The third kappa shape index (κ3) is 17.9. The highest BCUT2D eigenvalue weighted by Gasteiger charge is 2.15. The minimum atomic E-state index is 0. The summed E-state index contributed by atoms with van der Waals surface area (Å²) in [5, 5.41) is 0. The zero-order valence-electron chi connectivity index (χ0n) is 14.4. The predicted octanol–water partition coefficient (Wildman–Crippen LogP) is 7.06. The van der Waals surface area contributed by atoms with E-state index in [0.717, 1.165) is 0 Å². The molecule has 19 heavy (non-hydrogen) atoms. The summed E-state index contributed by atoms with van der Waals surface area (Å²) in [5.74, 6) is 0. The number of unbranched alkanes of at least 4 members (excludes halogenated alkanes) is 8. The highest BCUT2D eigenvalue weighted by molar-refractivity contribution is 4.67. The van der Waals surface area contributed by atoms with Crippen molar-refractivity contribution in [1.29, 1.82) is 0 Å². The summed E-state index contributed by atoms with van der Waals surface area (Å²) < 4.78 is 0. The minimum Gasteiger partial charge on any atom is -0.344 e. The molecule has 0 aromatic heterocycles. The fraction of sp³-hybridized carbons (Fsp3) is 1.00. The molecule has 0 spiro atoms. The second-order valence-corrected chi connectivity index (χ2v) is 6.49. The normalized spacial score (nSPS) is 10.7. The lowest BCUT2D eigenvalue weighted by molar-refractivity contribution is 0.291. The first-order valence-corrected chi connectivity index (χ1v) is 8.12. The van der Waals surface area contributed by atoms with Crippen LogP contribution in [0, 0.1) is 5.41 Å². The molecule has 0 fully saturated rings. The predicted molar refractivity (Wildman–Crippen MR) is 90.6 cm³/mol. The fourth-order valence-electron chi connectivity index (χ4n) is 2.72. The molecule has 2 nitrogen and oxygen atoms in total. The van der Waals surface area contributed by atoms with Crippen LogP contribution >= 0.6 is 0 Å². The van der Waals surface area contributed by atoms with Crippen LogP contribution in [0.25, 0.3) is 0 Å². The third-order valence-electron chi connectivity index (χ3n) is 3.88. The van der Waals surface area contributed by atoms with Crippen LogP contribution in [-0.2, 0) is 0 Å². The van der Waals surface area contributed by atoms with Crippen LogP contribution in [0.4, 0.5) is 0 Å². The Morgan fingerprint density at radius 3 is 1.37 bits per heavy atom. The topological polar surface area (TPSA) is 70.0 Å². The molecule has 0 aliphatic carbocycles. The van der Waals surface area contributed by atoms with Crippen LogP contribution < -0.4 is 12.3 Å². The fourth-order valence-corrected chi connectivity index (χ4v) is 2.72. The number of rotatable bonds is 12. The van der Waals surface area contributed by atoms with Crippen LogP contribution in [0.1, 0.15) is 105 Å². The van der Waals surface area contributed by atoms with Crippen molar-refractivity contribution in [3.63, 3.8) is 0 Å². The Balaban J connectivity index is -0.00000128. The van der Waals surface area contributed by atoms with Gasteiger partial charge in [0, 0.05) is 0 Å². The third-order valence-corrected chi connectivity index (χ3v) is 3.88. The maximum atomic E-state index is 2.43. The van der Waals surface area contributed by atoms with Gasteiger partial charge in [0.05, 0.1) is 0 Å². The number of hydrogen-bond acceptors (Lipinski definition) is 2. The van der Waals surface area contributed by atoms with Gasteiger partial charge in [-0.1, -0.05) is 91.9 Å². The van der Waals surface area contributed by atoms with E-state index in [1.54, 1.807) is 0 Å². The molecule has 0 bridgehead atoms. The van der Waals surface area contributed by atoms with Gasteiger partial charge in [0.2, 0.25) is 0 Å². The van der Waals surface area contributed by atoms with Crippen molar-refractivity contribution in [2.24, 2.45) is 5.41 Å². The molecule has 6 N–H and O–H groups in total. The van der Waals surface area contributed by atoms with E-state index in [0.29, 0.717) is 5.41 Å². The van der Waals surface area contributed by atoms with Crippen molar-refractivity contribution in [2.45, 2.75) is 105 Å².